The van der Waals surface area contributed by atoms with Gasteiger partial charge in [0.15, 0.2) is 0 Å². The minimum absolute atomic E-state index is 0.571. The lowest BCUT2D eigenvalue weighted by Crippen LogP contribution is -2.16. The highest BCUT2D eigenvalue weighted by Crippen LogP contribution is 2.23. The molecule has 0 spiro atoms. The number of nitrogens with one attached hydrogen (secondary N) is 1. The van der Waals surface area contributed by atoms with Gasteiger partial charge in [-0.05, 0) is 45.2 Å². The van der Waals surface area contributed by atoms with Crippen LogP contribution in [-0.2, 0) is 0 Å². The summed E-state index contributed by atoms with van der Waals surface area (Å²) in [5.74, 6) is 0. The third-order valence-electron chi connectivity index (χ3n) is 3.31. The normalized spacial score (nSPS) is 12.5. The van der Waals surface area contributed by atoms with Crippen LogP contribution in [0, 0.1) is 20.8 Å². The zero-order valence-electron chi connectivity index (χ0n) is 12.1. The Morgan fingerprint density at radius 1 is 1.06 bits per heavy atom. The lowest BCUT2D eigenvalue weighted by Gasteiger charge is -2.19. The Balaban J connectivity index is 2.61. The largest absolute Gasteiger partial charge is 0.382 e. The molecule has 0 radical (unpaired) electrons. The van der Waals surface area contributed by atoms with E-state index in [4.69, 9.17) is 0 Å². The lowest BCUT2D eigenvalue weighted by molar-refractivity contribution is 0.614. The molecule has 1 aromatic carbocycles. The molecule has 1 N–H and O–H groups in total. The lowest BCUT2D eigenvalue weighted by atomic mass is 10.0. The quantitative estimate of drug-likeness (QED) is 0.682. The Morgan fingerprint density at radius 2 is 1.65 bits per heavy atom. The van der Waals surface area contributed by atoms with Crippen LogP contribution >= 0.6 is 0 Å². The molecule has 1 unspecified atom stereocenters. The molecule has 0 amide bonds. The third kappa shape index (κ3) is 4.41. The van der Waals surface area contributed by atoms with E-state index in [1.165, 1.54) is 48.1 Å². The molecule has 0 saturated carbocycles. The van der Waals surface area contributed by atoms with Crippen LogP contribution in [0.15, 0.2) is 12.1 Å². The molecule has 17 heavy (non-hydrogen) atoms. The van der Waals surface area contributed by atoms with Gasteiger partial charge in [0.1, 0.15) is 0 Å². The first-order chi connectivity index (χ1) is 8.04. The number of hydrogen-bond acceptors (Lipinski definition) is 1. The van der Waals surface area contributed by atoms with Crippen molar-refractivity contribution in [2.24, 2.45) is 0 Å². The van der Waals surface area contributed by atoms with Crippen molar-refractivity contribution in [3.63, 3.8) is 0 Å². The molecule has 1 aromatic rings. The van der Waals surface area contributed by atoms with Gasteiger partial charge < -0.3 is 5.32 Å². The number of benzene rings is 1. The van der Waals surface area contributed by atoms with Crippen LogP contribution in [0.4, 0.5) is 5.69 Å². The van der Waals surface area contributed by atoms with Crippen molar-refractivity contribution in [3.8, 4) is 0 Å². The Labute approximate surface area is 107 Å². The molecule has 0 fully saturated rings. The Morgan fingerprint density at radius 3 is 2.18 bits per heavy atom. The van der Waals surface area contributed by atoms with Crippen molar-refractivity contribution in [1.29, 1.82) is 0 Å². The molecule has 1 atom stereocenters. The van der Waals surface area contributed by atoms with E-state index in [2.05, 4.69) is 52.1 Å². The predicted molar refractivity (Wildman–Crippen MR) is 77.9 cm³/mol. The first-order valence-electron chi connectivity index (χ1n) is 6.89. The van der Waals surface area contributed by atoms with Crippen molar-refractivity contribution in [3.05, 3.63) is 28.8 Å². The minimum Gasteiger partial charge on any atom is -0.382 e. The zero-order valence-corrected chi connectivity index (χ0v) is 12.1. The van der Waals surface area contributed by atoms with E-state index in [1.807, 2.05) is 0 Å². The standard InChI is InChI=1S/C16H27N/c1-6-7-8-9-15(5)17-16-13(3)10-12(2)11-14(16)4/h10-11,15,17H,6-9H2,1-5H3. The van der Waals surface area contributed by atoms with E-state index in [9.17, 15) is 0 Å². The fourth-order valence-corrected chi connectivity index (χ4v) is 2.43. The number of unbranched alkanes of at least 4 members (excludes halogenated alkanes) is 2. The third-order valence-corrected chi connectivity index (χ3v) is 3.31. The van der Waals surface area contributed by atoms with E-state index in [1.54, 1.807) is 0 Å². The van der Waals surface area contributed by atoms with Crippen LogP contribution in [0.25, 0.3) is 0 Å². The predicted octanol–water partition coefficient (Wildman–Crippen LogP) is 4.99. The first kappa shape index (κ1) is 14.1. The summed E-state index contributed by atoms with van der Waals surface area (Å²) in [4.78, 5) is 0. The summed E-state index contributed by atoms with van der Waals surface area (Å²) in [5, 5.41) is 3.66. The number of aryl methyl sites for hydroxylation is 3. The van der Waals surface area contributed by atoms with Gasteiger partial charge in [0.2, 0.25) is 0 Å². The Bertz CT molecular complexity index is 332. The van der Waals surface area contributed by atoms with E-state index in [0.29, 0.717) is 6.04 Å². The molecule has 0 bridgehead atoms. The average Bonchev–Trinajstić information content (AvgIpc) is 2.24. The van der Waals surface area contributed by atoms with Gasteiger partial charge >= 0.3 is 0 Å². The van der Waals surface area contributed by atoms with Crippen molar-refractivity contribution in [1.82, 2.24) is 0 Å². The van der Waals surface area contributed by atoms with Crippen LogP contribution in [0.2, 0.25) is 0 Å². The Kier molecular flexibility index (Phi) is 5.54. The van der Waals surface area contributed by atoms with Crippen molar-refractivity contribution < 1.29 is 0 Å². The van der Waals surface area contributed by atoms with E-state index in [-0.39, 0.29) is 0 Å². The molecule has 0 aromatic heterocycles. The van der Waals surface area contributed by atoms with E-state index >= 15 is 0 Å². The van der Waals surface area contributed by atoms with Gasteiger partial charge in [0, 0.05) is 11.7 Å². The molecule has 1 nitrogen and oxygen atoms in total. The highest BCUT2D eigenvalue weighted by Gasteiger charge is 2.07. The number of anilines is 1. The molecule has 0 aliphatic rings. The maximum Gasteiger partial charge on any atom is 0.0401 e. The van der Waals surface area contributed by atoms with Crippen LogP contribution in [0.5, 0.6) is 0 Å². The van der Waals surface area contributed by atoms with Gasteiger partial charge in [-0.3, -0.25) is 0 Å². The SMILES string of the molecule is CCCCCC(C)Nc1c(C)cc(C)cc1C. The second kappa shape index (κ2) is 6.68. The van der Waals surface area contributed by atoms with E-state index < -0.39 is 0 Å². The van der Waals surface area contributed by atoms with Gasteiger partial charge in [-0.1, -0.05) is 43.9 Å². The van der Waals surface area contributed by atoms with Crippen LogP contribution < -0.4 is 5.32 Å². The summed E-state index contributed by atoms with van der Waals surface area (Å²) in [5.41, 5.74) is 5.42. The first-order valence-corrected chi connectivity index (χ1v) is 6.89. The summed E-state index contributed by atoms with van der Waals surface area (Å²) >= 11 is 0. The summed E-state index contributed by atoms with van der Waals surface area (Å²) in [6, 6.07) is 5.09. The van der Waals surface area contributed by atoms with Crippen LogP contribution in [0.1, 0.15) is 56.2 Å². The van der Waals surface area contributed by atoms with Crippen molar-refractivity contribution >= 4 is 5.69 Å². The van der Waals surface area contributed by atoms with E-state index in [0.717, 1.165) is 0 Å². The molecular formula is C16H27N. The average molecular weight is 233 g/mol. The van der Waals surface area contributed by atoms with Gasteiger partial charge in [-0.15, -0.1) is 0 Å². The maximum atomic E-state index is 3.66. The summed E-state index contributed by atoms with van der Waals surface area (Å²) in [7, 11) is 0. The number of hydrogen-bond donors (Lipinski definition) is 1. The fraction of sp³-hybridized carbons (Fsp3) is 0.625. The van der Waals surface area contributed by atoms with Crippen molar-refractivity contribution in [2.75, 3.05) is 5.32 Å². The highest BCUT2D eigenvalue weighted by molar-refractivity contribution is 5.58. The fourth-order valence-electron chi connectivity index (χ4n) is 2.43. The molecule has 0 aliphatic heterocycles. The maximum absolute atomic E-state index is 3.66. The van der Waals surface area contributed by atoms with Crippen LogP contribution in [-0.4, -0.2) is 6.04 Å². The molecule has 0 heterocycles. The zero-order chi connectivity index (χ0) is 12.8. The molecule has 0 saturated heterocycles. The van der Waals surface area contributed by atoms with Gasteiger partial charge in [0.25, 0.3) is 0 Å². The second-order valence-electron chi connectivity index (χ2n) is 5.31. The highest BCUT2D eigenvalue weighted by atomic mass is 14.9. The van der Waals surface area contributed by atoms with Gasteiger partial charge in [-0.25, -0.2) is 0 Å². The van der Waals surface area contributed by atoms with Crippen LogP contribution in [0.3, 0.4) is 0 Å². The Hall–Kier alpha value is -0.980. The van der Waals surface area contributed by atoms with Crippen molar-refractivity contribution in [2.45, 2.75) is 66.3 Å². The topological polar surface area (TPSA) is 12.0 Å². The molecular weight excluding hydrogens is 206 g/mol. The smallest absolute Gasteiger partial charge is 0.0401 e. The summed E-state index contributed by atoms with van der Waals surface area (Å²) in [6.45, 7) is 11.1. The van der Waals surface area contributed by atoms with Gasteiger partial charge in [-0.2, -0.15) is 0 Å². The van der Waals surface area contributed by atoms with Gasteiger partial charge in [0.05, 0.1) is 0 Å². The number of rotatable bonds is 6. The summed E-state index contributed by atoms with van der Waals surface area (Å²) < 4.78 is 0. The molecule has 1 heteroatoms. The molecule has 1 rings (SSSR count). The monoisotopic (exact) mass is 233 g/mol. The summed E-state index contributed by atoms with van der Waals surface area (Å²) in [6.07, 6.45) is 5.24. The minimum atomic E-state index is 0.571. The molecule has 0 aliphatic carbocycles. The molecule has 96 valence electrons. The second-order valence-corrected chi connectivity index (χ2v) is 5.31.